The van der Waals surface area contributed by atoms with Crippen LogP contribution < -0.4 is 10.4 Å². The standard InChI is InChI=1S/C38H52BF3N4O6/c1-24(48-9)33-30(17-27(19-43-33)45-13-12-44-14-15-49-21-28(44)20-45)34-31(18-35(3,4)23-50-25(2)47)29-16-26(39-51-36(5,6)37(7,8)52-39)10-11-32(29)46(34)22-38(40,41)42/h10-11,16-17,19,24,28H,12-15,18,20-23H2,1-9H3/t24-,28?/m0/s1. The smallest absolute Gasteiger partial charge is 0.465 e. The van der Waals surface area contributed by atoms with Gasteiger partial charge in [-0.05, 0) is 64.2 Å². The number of benzene rings is 1. The zero-order valence-corrected chi connectivity index (χ0v) is 31.9. The van der Waals surface area contributed by atoms with E-state index in [4.69, 9.17) is 28.5 Å². The quantitative estimate of drug-likeness (QED) is 0.187. The summed E-state index contributed by atoms with van der Waals surface area (Å²) in [5, 5.41) is 0.636. The van der Waals surface area contributed by atoms with Crippen molar-refractivity contribution < 1.29 is 41.5 Å². The third-order valence-electron chi connectivity index (χ3n) is 11.1. The average Bonchev–Trinajstić information content (AvgIpc) is 3.48. The molecule has 14 heteroatoms. The summed E-state index contributed by atoms with van der Waals surface area (Å²) < 4.78 is 75.2. The predicted molar refractivity (Wildman–Crippen MR) is 195 cm³/mol. The molecule has 1 aromatic carbocycles. The van der Waals surface area contributed by atoms with Crippen molar-refractivity contribution in [3.8, 4) is 11.3 Å². The molecular formula is C38H52BF3N4O6. The zero-order chi connectivity index (χ0) is 37.8. The van der Waals surface area contributed by atoms with Crippen LogP contribution in [-0.2, 0) is 41.3 Å². The molecule has 0 bridgehead atoms. The van der Waals surface area contributed by atoms with Gasteiger partial charge in [0.1, 0.15) is 6.54 Å². The van der Waals surface area contributed by atoms with E-state index in [0.29, 0.717) is 65.1 Å². The molecule has 1 unspecified atom stereocenters. The molecule has 5 heterocycles. The number of hydrogen-bond acceptors (Lipinski definition) is 9. The Hall–Kier alpha value is -3.17. The number of piperazine rings is 1. The summed E-state index contributed by atoms with van der Waals surface area (Å²) in [4.78, 5) is 21.5. The van der Waals surface area contributed by atoms with Gasteiger partial charge in [0.25, 0.3) is 0 Å². The van der Waals surface area contributed by atoms with Gasteiger partial charge >= 0.3 is 19.3 Å². The van der Waals surface area contributed by atoms with Gasteiger partial charge in [-0.15, -0.1) is 0 Å². The molecule has 10 nitrogen and oxygen atoms in total. The monoisotopic (exact) mass is 728 g/mol. The normalized spacial score (nSPS) is 21.4. The molecule has 284 valence electrons. The van der Waals surface area contributed by atoms with Gasteiger partial charge in [0.2, 0.25) is 0 Å². The molecule has 3 fully saturated rings. The Morgan fingerprint density at radius 2 is 1.81 bits per heavy atom. The van der Waals surface area contributed by atoms with Gasteiger partial charge in [-0.1, -0.05) is 26.0 Å². The lowest BCUT2D eigenvalue weighted by Gasteiger charge is -2.44. The van der Waals surface area contributed by atoms with Crippen LogP contribution in [0, 0.1) is 5.41 Å². The minimum absolute atomic E-state index is 0.0813. The van der Waals surface area contributed by atoms with Crippen LogP contribution in [0.1, 0.15) is 72.8 Å². The number of morpholine rings is 1. The first-order valence-electron chi connectivity index (χ1n) is 18.1. The maximum absolute atomic E-state index is 14.7. The van der Waals surface area contributed by atoms with Crippen molar-refractivity contribution >= 4 is 35.1 Å². The van der Waals surface area contributed by atoms with E-state index >= 15 is 0 Å². The third kappa shape index (κ3) is 7.87. The largest absolute Gasteiger partial charge is 0.494 e. The Morgan fingerprint density at radius 1 is 1.10 bits per heavy atom. The summed E-state index contributed by atoms with van der Waals surface area (Å²) >= 11 is 0. The second-order valence-corrected chi connectivity index (χ2v) is 16.2. The molecular weight excluding hydrogens is 676 g/mol. The highest BCUT2D eigenvalue weighted by Crippen LogP contribution is 2.43. The number of esters is 1. The number of carbonyl (C=O) groups is 1. The van der Waals surface area contributed by atoms with Crippen molar-refractivity contribution in [1.82, 2.24) is 14.5 Å². The van der Waals surface area contributed by atoms with E-state index in [2.05, 4.69) is 9.80 Å². The molecule has 3 aliphatic rings. The maximum atomic E-state index is 14.7. The third-order valence-corrected chi connectivity index (χ3v) is 11.1. The summed E-state index contributed by atoms with van der Waals surface area (Å²) in [6.07, 6.45) is -2.96. The summed E-state index contributed by atoms with van der Waals surface area (Å²) in [7, 11) is 0.847. The van der Waals surface area contributed by atoms with Crippen LogP contribution in [-0.4, -0.2) is 104 Å². The molecule has 0 spiro atoms. The molecule has 3 aliphatic heterocycles. The Balaban J connectivity index is 1.58. The van der Waals surface area contributed by atoms with Crippen LogP contribution in [0.15, 0.2) is 30.5 Å². The Labute approximate surface area is 305 Å². The molecule has 6 rings (SSSR count). The number of anilines is 1. The molecule has 3 saturated heterocycles. The number of ether oxygens (including phenoxy) is 3. The lowest BCUT2D eigenvalue weighted by Crippen LogP contribution is -2.58. The number of nitrogens with zero attached hydrogens (tertiary/aromatic N) is 4. The van der Waals surface area contributed by atoms with Crippen LogP contribution in [0.5, 0.6) is 0 Å². The second-order valence-electron chi connectivity index (χ2n) is 16.2. The molecule has 52 heavy (non-hydrogen) atoms. The van der Waals surface area contributed by atoms with Crippen LogP contribution in [0.25, 0.3) is 22.2 Å². The molecule has 0 N–H and O–H groups in total. The summed E-state index contributed by atoms with van der Waals surface area (Å²) in [5.41, 5.74) is 2.25. The van der Waals surface area contributed by atoms with Gasteiger partial charge in [0.15, 0.2) is 0 Å². The van der Waals surface area contributed by atoms with E-state index in [0.717, 1.165) is 25.3 Å². The average molecular weight is 729 g/mol. The fourth-order valence-electron chi connectivity index (χ4n) is 7.47. The molecule has 3 aromatic rings. The number of aromatic nitrogens is 2. The highest BCUT2D eigenvalue weighted by molar-refractivity contribution is 6.62. The minimum atomic E-state index is -4.54. The summed E-state index contributed by atoms with van der Waals surface area (Å²) in [6.45, 7) is 18.3. The molecule has 2 atom stereocenters. The number of rotatable bonds is 10. The fourth-order valence-corrected chi connectivity index (χ4v) is 7.47. The Bertz CT molecular complexity index is 1780. The molecule has 0 amide bonds. The SMILES string of the molecule is CO[C@@H](C)c1ncc(N2CCN3CCOCC3C2)cc1-c1c(CC(C)(C)COC(C)=O)c2cc(B3OC(C)(C)C(C)(C)O3)ccc2n1CC(F)(F)F. The number of halogens is 3. The van der Waals surface area contributed by atoms with E-state index in [1.807, 2.05) is 60.6 Å². The van der Waals surface area contributed by atoms with Crippen molar-refractivity contribution in [1.29, 1.82) is 0 Å². The van der Waals surface area contributed by atoms with Crippen LogP contribution in [0.2, 0.25) is 0 Å². The lowest BCUT2D eigenvalue weighted by atomic mass is 9.77. The number of hydrogen-bond donors (Lipinski definition) is 0. The highest BCUT2D eigenvalue weighted by Gasteiger charge is 2.52. The van der Waals surface area contributed by atoms with Crippen molar-refractivity contribution in [2.24, 2.45) is 5.41 Å². The Kier molecular flexibility index (Phi) is 10.6. The van der Waals surface area contributed by atoms with E-state index in [1.54, 1.807) is 25.4 Å². The van der Waals surface area contributed by atoms with E-state index in [-0.39, 0.29) is 12.6 Å². The summed E-state index contributed by atoms with van der Waals surface area (Å²) in [6, 6.07) is 7.59. The second kappa shape index (κ2) is 14.2. The minimum Gasteiger partial charge on any atom is -0.465 e. The first-order chi connectivity index (χ1) is 24.3. The molecule has 0 saturated carbocycles. The first kappa shape index (κ1) is 38.6. The summed E-state index contributed by atoms with van der Waals surface area (Å²) in [5.74, 6) is -0.424. The van der Waals surface area contributed by atoms with E-state index < -0.39 is 48.5 Å². The van der Waals surface area contributed by atoms with Crippen molar-refractivity contribution in [3.63, 3.8) is 0 Å². The number of alkyl halides is 3. The van der Waals surface area contributed by atoms with Gasteiger partial charge in [-0.3, -0.25) is 14.7 Å². The number of methoxy groups -OCH3 is 1. The van der Waals surface area contributed by atoms with Crippen molar-refractivity contribution in [3.05, 3.63) is 41.7 Å². The van der Waals surface area contributed by atoms with Gasteiger partial charge in [-0.2, -0.15) is 13.2 Å². The number of fused-ring (bicyclic) bond motifs is 2. The predicted octanol–water partition coefficient (Wildman–Crippen LogP) is 5.92. The van der Waals surface area contributed by atoms with Gasteiger partial charge in [0, 0.05) is 62.1 Å². The zero-order valence-electron chi connectivity index (χ0n) is 31.9. The van der Waals surface area contributed by atoms with Crippen LogP contribution in [0.3, 0.4) is 0 Å². The molecule has 0 radical (unpaired) electrons. The van der Waals surface area contributed by atoms with Crippen LogP contribution >= 0.6 is 0 Å². The first-order valence-corrected chi connectivity index (χ1v) is 18.1. The highest BCUT2D eigenvalue weighted by atomic mass is 19.4. The lowest BCUT2D eigenvalue weighted by molar-refractivity contribution is -0.144. The van der Waals surface area contributed by atoms with E-state index in [9.17, 15) is 18.0 Å². The van der Waals surface area contributed by atoms with Crippen molar-refractivity contribution in [2.45, 2.75) is 97.9 Å². The fraction of sp³-hybridized carbons (Fsp3) is 0.632. The Morgan fingerprint density at radius 3 is 2.46 bits per heavy atom. The maximum Gasteiger partial charge on any atom is 0.494 e. The van der Waals surface area contributed by atoms with Gasteiger partial charge in [-0.25, -0.2) is 0 Å². The van der Waals surface area contributed by atoms with Crippen molar-refractivity contribution in [2.75, 3.05) is 58.0 Å². The molecule has 2 aromatic heterocycles. The topological polar surface area (TPSA) is 87.5 Å². The molecule has 0 aliphatic carbocycles. The number of carbonyl (C=O) groups excluding carboxylic acids is 1. The van der Waals surface area contributed by atoms with Crippen LogP contribution in [0.4, 0.5) is 18.9 Å². The van der Waals surface area contributed by atoms with Gasteiger partial charge in [0.05, 0.1) is 66.4 Å². The van der Waals surface area contributed by atoms with Gasteiger partial charge < -0.3 is 33.0 Å². The number of pyridine rings is 1. The van der Waals surface area contributed by atoms with E-state index in [1.165, 1.54) is 11.5 Å².